The zero-order valence-corrected chi connectivity index (χ0v) is 9.36. The van der Waals surface area contributed by atoms with Crippen LogP contribution in [0.15, 0.2) is 22.7 Å². The molecule has 4 N–H and O–H groups in total. The quantitative estimate of drug-likeness (QED) is 0.847. The summed E-state index contributed by atoms with van der Waals surface area (Å²) in [5.41, 5.74) is 12.3. The van der Waals surface area contributed by atoms with Gasteiger partial charge in [-0.2, -0.15) is 0 Å². The van der Waals surface area contributed by atoms with Crippen LogP contribution in [0.25, 0.3) is 11.0 Å². The van der Waals surface area contributed by atoms with E-state index in [0.717, 1.165) is 15.5 Å². The van der Waals surface area contributed by atoms with Crippen molar-refractivity contribution in [1.29, 1.82) is 0 Å². The first-order chi connectivity index (χ1) is 7.08. The third-order valence-electron chi connectivity index (χ3n) is 2.05. The Hall–Kier alpha value is -1.56. The first kappa shape index (κ1) is 9.97. The summed E-state index contributed by atoms with van der Waals surface area (Å²) in [6.45, 7) is 0.0456. The number of amides is 1. The Bertz CT molecular complexity index is 534. The maximum Gasteiger partial charge on any atom is 0.237 e. The number of carbonyl (C=O) groups excluding carboxylic acids is 1. The number of halogens is 1. The number of nitrogen functional groups attached to an aromatic ring is 1. The molecule has 0 aliphatic rings. The van der Waals surface area contributed by atoms with Crippen molar-refractivity contribution in [1.82, 2.24) is 9.55 Å². The molecule has 0 aliphatic carbocycles. The summed E-state index contributed by atoms with van der Waals surface area (Å²) in [4.78, 5) is 15.0. The number of aromatic nitrogens is 2. The number of hydrogen-bond donors (Lipinski definition) is 2. The number of fused-ring (bicyclic) bond motifs is 1. The average Bonchev–Trinajstić information content (AvgIpc) is 2.41. The number of anilines is 1. The summed E-state index contributed by atoms with van der Waals surface area (Å²) in [7, 11) is 0. The number of hydrogen-bond acceptors (Lipinski definition) is 3. The lowest BCUT2D eigenvalue weighted by Crippen LogP contribution is -2.19. The lowest BCUT2D eigenvalue weighted by atomic mass is 10.3. The normalized spacial score (nSPS) is 10.7. The molecule has 1 heterocycles. The fourth-order valence-electron chi connectivity index (χ4n) is 1.44. The van der Waals surface area contributed by atoms with Crippen LogP contribution in [0, 0.1) is 0 Å². The predicted molar refractivity (Wildman–Crippen MR) is 61.0 cm³/mol. The highest BCUT2D eigenvalue weighted by molar-refractivity contribution is 9.10. The van der Waals surface area contributed by atoms with Crippen molar-refractivity contribution < 1.29 is 4.79 Å². The van der Waals surface area contributed by atoms with Crippen LogP contribution < -0.4 is 11.5 Å². The molecule has 1 amide bonds. The largest absolute Gasteiger partial charge is 0.369 e. The van der Waals surface area contributed by atoms with Crippen LogP contribution in [-0.2, 0) is 11.3 Å². The Labute approximate surface area is 94.2 Å². The van der Waals surface area contributed by atoms with E-state index in [2.05, 4.69) is 20.9 Å². The standard InChI is InChI=1S/C9H9BrN4O/c10-5-1-2-7-6(3-5)13-9(12)14(7)4-8(11)15/h1-3H,4H2,(H2,11,15)(H2,12,13). The van der Waals surface area contributed by atoms with E-state index in [9.17, 15) is 4.79 Å². The van der Waals surface area contributed by atoms with Gasteiger partial charge in [0, 0.05) is 4.47 Å². The Morgan fingerprint density at radius 2 is 2.27 bits per heavy atom. The smallest absolute Gasteiger partial charge is 0.237 e. The van der Waals surface area contributed by atoms with Gasteiger partial charge in [0.2, 0.25) is 11.9 Å². The highest BCUT2D eigenvalue weighted by atomic mass is 79.9. The molecule has 0 saturated carbocycles. The number of nitrogens with zero attached hydrogens (tertiary/aromatic N) is 2. The molecule has 0 radical (unpaired) electrons. The Balaban J connectivity index is 2.63. The fraction of sp³-hybridized carbons (Fsp3) is 0.111. The van der Waals surface area contributed by atoms with Crippen LogP contribution in [0.1, 0.15) is 0 Å². The van der Waals surface area contributed by atoms with Crippen LogP contribution >= 0.6 is 15.9 Å². The summed E-state index contributed by atoms with van der Waals surface area (Å²) in [6.07, 6.45) is 0. The SMILES string of the molecule is NC(=O)Cn1c(N)nc2cc(Br)ccc21. The molecule has 0 atom stereocenters. The number of benzene rings is 1. The van der Waals surface area contributed by atoms with E-state index in [1.54, 1.807) is 4.57 Å². The molecule has 2 aromatic rings. The van der Waals surface area contributed by atoms with Gasteiger partial charge in [-0.15, -0.1) is 0 Å². The highest BCUT2D eigenvalue weighted by Gasteiger charge is 2.09. The molecule has 0 fully saturated rings. The van der Waals surface area contributed by atoms with Crippen LogP contribution in [-0.4, -0.2) is 15.5 Å². The second-order valence-corrected chi connectivity index (χ2v) is 4.07. The van der Waals surface area contributed by atoms with Gasteiger partial charge in [0.1, 0.15) is 6.54 Å². The number of primary amides is 1. The monoisotopic (exact) mass is 268 g/mol. The van der Waals surface area contributed by atoms with Crippen molar-refractivity contribution in [3.63, 3.8) is 0 Å². The number of imidazole rings is 1. The highest BCUT2D eigenvalue weighted by Crippen LogP contribution is 2.21. The third kappa shape index (κ3) is 1.80. The molecule has 0 bridgehead atoms. The van der Waals surface area contributed by atoms with Crippen LogP contribution in [0.5, 0.6) is 0 Å². The molecule has 0 unspecified atom stereocenters. The van der Waals surface area contributed by atoms with Crippen molar-refractivity contribution in [2.24, 2.45) is 5.73 Å². The maximum atomic E-state index is 10.8. The van der Waals surface area contributed by atoms with Crippen LogP contribution in [0.2, 0.25) is 0 Å². The molecule has 0 aliphatic heterocycles. The van der Waals surface area contributed by atoms with Gasteiger partial charge in [-0.1, -0.05) is 15.9 Å². The van der Waals surface area contributed by atoms with E-state index in [-0.39, 0.29) is 6.54 Å². The molecule has 2 rings (SSSR count). The third-order valence-corrected chi connectivity index (χ3v) is 2.55. The minimum absolute atomic E-state index is 0.0456. The molecule has 1 aromatic heterocycles. The van der Waals surface area contributed by atoms with Gasteiger partial charge in [0.15, 0.2) is 0 Å². The first-order valence-corrected chi connectivity index (χ1v) is 5.07. The zero-order chi connectivity index (χ0) is 11.0. The second kappa shape index (κ2) is 3.54. The average molecular weight is 269 g/mol. The Morgan fingerprint density at radius 3 is 2.93 bits per heavy atom. The molecule has 15 heavy (non-hydrogen) atoms. The lowest BCUT2D eigenvalue weighted by molar-refractivity contribution is -0.118. The van der Waals surface area contributed by atoms with Gasteiger partial charge in [0.05, 0.1) is 11.0 Å². The van der Waals surface area contributed by atoms with E-state index < -0.39 is 5.91 Å². The minimum atomic E-state index is -0.441. The second-order valence-electron chi connectivity index (χ2n) is 3.16. The Kier molecular flexibility index (Phi) is 2.36. The van der Waals surface area contributed by atoms with Crippen molar-refractivity contribution >= 4 is 38.8 Å². The van der Waals surface area contributed by atoms with Crippen molar-refractivity contribution in [3.05, 3.63) is 22.7 Å². The molecular formula is C9H9BrN4O. The van der Waals surface area contributed by atoms with Crippen molar-refractivity contribution in [3.8, 4) is 0 Å². The molecule has 5 nitrogen and oxygen atoms in total. The Morgan fingerprint density at radius 1 is 1.53 bits per heavy atom. The molecule has 6 heteroatoms. The van der Waals surface area contributed by atoms with Crippen molar-refractivity contribution in [2.45, 2.75) is 6.54 Å². The topological polar surface area (TPSA) is 86.9 Å². The van der Waals surface area contributed by atoms with E-state index in [1.807, 2.05) is 18.2 Å². The predicted octanol–water partition coefficient (Wildman–Crippen LogP) is 0.866. The molecule has 1 aromatic carbocycles. The lowest BCUT2D eigenvalue weighted by Gasteiger charge is -2.02. The van der Waals surface area contributed by atoms with Crippen LogP contribution in [0.4, 0.5) is 5.95 Å². The molecule has 0 saturated heterocycles. The van der Waals surface area contributed by atoms with Gasteiger partial charge >= 0.3 is 0 Å². The van der Waals surface area contributed by atoms with Gasteiger partial charge in [-0.3, -0.25) is 4.79 Å². The summed E-state index contributed by atoms with van der Waals surface area (Å²) in [6, 6.07) is 5.54. The van der Waals surface area contributed by atoms with E-state index >= 15 is 0 Å². The van der Waals surface area contributed by atoms with Crippen LogP contribution in [0.3, 0.4) is 0 Å². The minimum Gasteiger partial charge on any atom is -0.369 e. The fourth-order valence-corrected chi connectivity index (χ4v) is 1.79. The number of nitrogens with two attached hydrogens (primary N) is 2. The van der Waals surface area contributed by atoms with E-state index in [0.29, 0.717) is 5.95 Å². The molecule has 78 valence electrons. The van der Waals surface area contributed by atoms with Gasteiger partial charge < -0.3 is 16.0 Å². The summed E-state index contributed by atoms with van der Waals surface area (Å²) in [5.74, 6) is -0.147. The maximum absolute atomic E-state index is 10.8. The summed E-state index contributed by atoms with van der Waals surface area (Å²) >= 11 is 3.34. The summed E-state index contributed by atoms with van der Waals surface area (Å²) < 4.78 is 2.50. The van der Waals surface area contributed by atoms with Gasteiger partial charge in [0.25, 0.3) is 0 Å². The molecule has 0 spiro atoms. The first-order valence-electron chi connectivity index (χ1n) is 4.27. The van der Waals surface area contributed by atoms with E-state index in [1.165, 1.54) is 0 Å². The van der Waals surface area contributed by atoms with Crippen molar-refractivity contribution in [2.75, 3.05) is 5.73 Å². The molecular weight excluding hydrogens is 260 g/mol. The number of rotatable bonds is 2. The van der Waals surface area contributed by atoms with Gasteiger partial charge in [-0.25, -0.2) is 4.98 Å². The number of carbonyl (C=O) groups is 1. The van der Waals surface area contributed by atoms with Gasteiger partial charge in [-0.05, 0) is 18.2 Å². The summed E-state index contributed by atoms with van der Waals surface area (Å²) in [5, 5.41) is 0. The zero-order valence-electron chi connectivity index (χ0n) is 7.77. The van der Waals surface area contributed by atoms with E-state index in [4.69, 9.17) is 11.5 Å².